The first-order chi connectivity index (χ1) is 12.8. The van der Waals surface area contributed by atoms with E-state index in [1.807, 2.05) is 24.6 Å². The highest BCUT2D eigenvalue weighted by atomic mass is 32.2. The minimum absolute atomic E-state index is 0.606. The molecule has 0 aliphatic carbocycles. The van der Waals surface area contributed by atoms with Gasteiger partial charge in [0.2, 0.25) is 0 Å². The Hall–Kier alpha value is -2.49. The van der Waals surface area contributed by atoms with Gasteiger partial charge >= 0.3 is 0 Å². The zero-order chi connectivity index (χ0) is 18.2. The van der Waals surface area contributed by atoms with Crippen molar-refractivity contribution >= 4 is 28.3 Å². The molecular formula is C20H23N5S. The molecule has 0 atom stereocenters. The molecule has 2 aromatic carbocycles. The monoisotopic (exact) mass is 365 g/mol. The SMILES string of the molecule is CSC(=Nc1ccc(N2CCN(Cc3ccccc3)CC2)cc1)NC#N. The van der Waals surface area contributed by atoms with Crippen molar-refractivity contribution in [2.45, 2.75) is 6.54 Å². The molecule has 0 bridgehead atoms. The zero-order valence-electron chi connectivity index (χ0n) is 14.9. The molecule has 1 aliphatic rings. The van der Waals surface area contributed by atoms with Gasteiger partial charge in [0.15, 0.2) is 11.4 Å². The van der Waals surface area contributed by atoms with Crippen molar-refractivity contribution < 1.29 is 0 Å². The average molecular weight is 366 g/mol. The van der Waals surface area contributed by atoms with Gasteiger partial charge < -0.3 is 4.90 Å². The van der Waals surface area contributed by atoms with E-state index < -0.39 is 0 Å². The van der Waals surface area contributed by atoms with Crippen molar-refractivity contribution in [3.05, 3.63) is 60.2 Å². The van der Waals surface area contributed by atoms with E-state index in [2.05, 4.69) is 62.6 Å². The van der Waals surface area contributed by atoms with E-state index in [9.17, 15) is 0 Å². The van der Waals surface area contributed by atoms with Crippen LogP contribution >= 0.6 is 11.8 Å². The van der Waals surface area contributed by atoms with Gasteiger partial charge in [0, 0.05) is 38.4 Å². The third-order valence-corrected chi connectivity index (χ3v) is 5.00. The summed E-state index contributed by atoms with van der Waals surface area (Å²) in [5.41, 5.74) is 3.45. The third kappa shape index (κ3) is 5.01. The predicted molar refractivity (Wildman–Crippen MR) is 110 cm³/mol. The van der Waals surface area contributed by atoms with E-state index in [1.165, 1.54) is 23.0 Å². The van der Waals surface area contributed by atoms with Gasteiger partial charge in [0.05, 0.1) is 5.69 Å². The largest absolute Gasteiger partial charge is 0.369 e. The van der Waals surface area contributed by atoms with Crippen LogP contribution in [0.1, 0.15) is 5.56 Å². The molecular weight excluding hydrogens is 342 g/mol. The van der Waals surface area contributed by atoms with Crippen molar-refractivity contribution in [3.8, 4) is 6.19 Å². The normalized spacial score (nSPS) is 15.5. The summed E-state index contributed by atoms with van der Waals surface area (Å²) in [6.45, 7) is 5.21. The molecule has 0 radical (unpaired) electrons. The fraction of sp³-hybridized carbons (Fsp3) is 0.300. The maximum atomic E-state index is 8.71. The number of anilines is 1. The highest BCUT2D eigenvalue weighted by molar-refractivity contribution is 8.13. The highest BCUT2D eigenvalue weighted by Gasteiger charge is 2.17. The van der Waals surface area contributed by atoms with Crippen molar-refractivity contribution in [2.75, 3.05) is 37.3 Å². The van der Waals surface area contributed by atoms with Crippen LogP contribution in [0.3, 0.4) is 0 Å². The molecule has 5 nitrogen and oxygen atoms in total. The topological polar surface area (TPSA) is 54.7 Å². The van der Waals surface area contributed by atoms with Gasteiger partial charge in [-0.1, -0.05) is 42.1 Å². The maximum absolute atomic E-state index is 8.71. The smallest absolute Gasteiger partial charge is 0.183 e. The summed E-state index contributed by atoms with van der Waals surface area (Å²) in [7, 11) is 0. The first-order valence-electron chi connectivity index (χ1n) is 8.67. The van der Waals surface area contributed by atoms with Crippen LogP contribution in [0.4, 0.5) is 11.4 Å². The van der Waals surface area contributed by atoms with Crippen molar-refractivity contribution in [1.29, 1.82) is 5.26 Å². The number of aliphatic imine (C=N–C) groups is 1. The van der Waals surface area contributed by atoms with E-state index in [0.717, 1.165) is 38.4 Å². The number of piperazine rings is 1. The molecule has 3 rings (SSSR count). The lowest BCUT2D eigenvalue weighted by molar-refractivity contribution is 0.250. The van der Waals surface area contributed by atoms with E-state index in [-0.39, 0.29) is 0 Å². The molecule has 1 aliphatic heterocycles. The van der Waals surface area contributed by atoms with Gasteiger partial charge in [-0.3, -0.25) is 10.2 Å². The summed E-state index contributed by atoms with van der Waals surface area (Å²) in [6.07, 6.45) is 3.80. The summed E-state index contributed by atoms with van der Waals surface area (Å²) < 4.78 is 0. The molecule has 26 heavy (non-hydrogen) atoms. The number of nitriles is 1. The van der Waals surface area contributed by atoms with Crippen LogP contribution in [0, 0.1) is 11.5 Å². The van der Waals surface area contributed by atoms with Crippen LogP contribution in [0.25, 0.3) is 0 Å². The van der Waals surface area contributed by atoms with Crippen molar-refractivity contribution in [3.63, 3.8) is 0 Å². The Morgan fingerprint density at radius 2 is 1.77 bits per heavy atom. The first-order valence-corrected chi connectivity index (χ1v) is 9.90. The number of amidine groups is 1. The molecule has 0 saturated carbocycles. The molecule has 1 saturated heterocycles. The molecule has 2 aromatic rings. The van der Waals surface area contributed by atoms with Gasteiger partial charge in [0.1, 0.15) is 0 Å². The van der Waals surface area contributed by atoms with E-state index in [0.29, 0.717) is 5.17 Å². The molecule has 6 heteroatoms. The molecule has 0 aromatic heterocycles. The molecule has 1 N–H and O–H groups in total. The minimum atomic E-state index is 0.606. The molecule has 1 fully saturated rings. The van der Waals surface area contributed by atoms with Gasteiger partial charge in [-0.25, -0.2) is 4.99 Å². The average Bonchev–Trinajstić information content (AvgIpc) is 2.70. The number of rotatable bonds is 4. The Morgan fingerprint density at radius 3 is 2.38 bits per heavy atom. The van der Waals surface area contributed by atoms with Crippen LogP contribution in [0.5, 0.6) is 0 Å². The summed E-state index contributed by atoms with van der Waals surface area (Å²) in [5, 5.41) is 11.9. The lowest BCUT2D eigenvalue weighted by atomic mass is 10.2. The number of hydrogen-bond acceptors (Lipinski definition) is 5. The third-order valence-electron chi connectivity index (χ3n) is 4.42. The van der Waals surface area contributed by atoms with Crippen LogP contribution in [-0.4, -0.2) is 42.5 Å². The minimum Gasteiger partial charge on any atom is -0.369 e. The van der Waals surface area contributed by atoms with E-state index >= 15 is 0 Å². The maximum Gasteiger partial charge on any atom is 0.183 e. The number of thioether (sulfide) groups is 1. The molecule has 1 heterocycles. The number of nitrogens with one attached hydrogen (secondary N) is 1. The van der Waals surface area contributed by atoms with Gasteiger partial charge in [0.25, 0.3) is 0 Å². The highest BCUT2D eigenvalue weighted by Crippen LogP contribution is 2.22. The van der Waals surface area contributed by atoms with Crippen LogP contribution in [0.15, 0.2) is 59.6 Å². The summed E-state index contributed by atoms with van der Waals surface area (Å²) >= 11 is 1.42. The summed E-state index contributed by atoms with van der Waals surface area (Å²) in [5.74, 6) is 0. The van der Waals surface area contributed by atoms with Gasteiger partial charge in [-0.15, -0.1) is 0 Å². The second-order valence-electron chi connectivity index (χ2n) is 6.12. The van der Waals surface area contributed by atoms with Crippen LogP contribution in [-0.2, 0) is 6.54 Å². The number of hydrogen-bond donors (Lipinski definition) is 1. The Bertz CT molecular complexity index is 759. The fourth-order valence-corrected chi connectivity index (χ4v) is 3.38. The summed E-state index contributed by atoms with van der Waals surface area (Å²) in [4.78, 5) is 9.35. The van der Waals surface area contributed by atoms with Gasteiger partial charge in [-0.2, -0.15) is 5.26 Å². The molecule has 134 valence electrons. The van der Waals surface area contributed by atoms with Gasteiger partial charge in [-0.05, 0) is 36.1 Å². The molecule has 0 unspecified atom stereocenters. The van der Waals surface area contributed by atoms with Crippen molar-refractivity contribution in [2.24, 2.45) is 4.99 Å². The second-order valence-corrected chi connectivity index (χ2v) is 6.92. The standard InChI is InChI=1S/C20H23N5S/c1-26-20(22-16-21)23-18-7-9-19(10-8-18)25-13-11-24(12-14-25)15-17-5-3-2-4-6-17/h2-10H,11-15H2,1H3,(H,22,23). The Balaban J connectivity index is 1.55. The molecule has 0 amide bonds. The Labute approximate surface area is 159 Å². The quantitative estimate of drug-likeness (QED) is 0.389. The zero-order valence-corrected chi connectivity index (χ0v) is 15.7. The Kier molecular flexibility index (Phi) is 6.53. The Morgan fingerprint density at radius 1 is 1.08 bits per heavy atom. The van der Waals surface area contributed by atoms with Crippen LogP contribution in [0.2, 0.25) is 0 Å². The summed E-state index contributed by atoms with van der Waals surface area (Å²) in [6, 6.07) is 18.9. The van der Waals surface area contributed by atoms with E-state index in [1.54, 1.807) is 0 Å². The van der Waals surface area contributed by atoms with Crippen molar-refractivity contribution in [1.82, 2.24) is 10.2 Å². The fourth-order valence-electron chi connectivity index (χ4n) is 3.03. The van der Waals surface area contributed by atoms with Crippen LogP contribution < -0.4 is 10.2 Å². The van der Waals surface area contributed by atoms with E-state index in [4.69, 9.17) is 5.26 Å². The first kappa shape index (κ1) is 18.3. The second kappa shape index (κ2) is 9.27. The molecule has 0 spiro atoms. The lowest BCUT2D eigenvalue weighted by Crippen LogP contribution is -2.45. The number of benzene rings is 2. The number of nitrogens with zero attached hydrogens (tertiary/aromatic N) is 4. The predicted octanol–water partition coefficient (Wildman–Crippen LogP) is 3.43. The lowest BCUT2D eigenvalue weighted by Gasteiger charge is -2.36.